The topological polar surface area (TPSA) is 104 Å². The van der Waals surface area contributed by atoms with Crippen molar-refractivity contribution >= 4 is 9.84 Å². The molecule has 0 unspecified atom stereocenters. The summed E-state index contributed by atoms with van der Waals surface area (Å²) >= 11 is 0. The van der Waals surface area contributed by atoms with Crippen LogP contribution in [0.15, 0.2) is 45.8 Å². The largest absolute Gasteiger partial charge is 0.388 e. The summed E-state index contributed by atoms with van der Waals surface area (Å²) in [6, 6.07) is 10.8. The number of rotatable bonds is 4. The van der Waals surface area contributed by atoms with Crippen LogP contribution < -0.4 is 0 Å². The van der Waals surface area contributed by atoms with E-state index in [0.717, 1.165) is 17.9 Å². The fourth-order valence-electron chi connectivity index (χ4n) is 2.82. The number of aryl methyl sites for hydroxylation is 1. The number of hydrogen-bond donors (Lipinski definition) is 1. The molecule has 138 valence electrons. The molecule has 6 nitrogen and oxygen atoms in total. The molecular weight excluding hydrogens is 371 g/mol. The first-order valence-electron chi connectivity index (χ1n) is 7.86. The lowest BCUT2D eigenvalue weighted by atomic mass is 9.97. The Morgan fingerprint density at radius 1 is 1.22 bits per heavy atom. The molecular formula is C19H15FN2O4S. The Morgan fingerprint density at radius 2 is 1.93 bits per heavy atom. The summed E-state index contributed by atoms with van der Waals surface area (Å²) in [6.07, 6.45) is 0.925. The van der Waals surface area contributed by atoms with Crippen molar-refractivity contribution in [1.82, 2.24) is 5.16 Å². The molecule has 1 N–H and O–H groups in total. The van der Waals surface area contributed by atoms with E-state index in [2.05, 4.69) is 11.2 Å². The number of nitrogens with zero attached hydrogens (tertiary/aromatic N) is 2. The summed E-state index contributed by atoms with van der Waals surface area (Å²) in [5.41, 5.74) is 2.90. The van der Waals surface area contributed by atoms with Gasteiger partial charge in [0.05, 0.1) is 17.2 Å². The predicted molar refractivity (Wildman–Crippen MR) is 95.8 cm³/mol. The van der Waals surface area contributed by atoms with Crippen LogP contribution in [0.25, 0.3) is 22.4 Å². The van der Waals surface area contributed by atoms with Crippen molar-refractivity contribution in [3.8, 4) is 28.5 Å². The number of nitriles is 1. The third-order valence-electron chi connectivity index (χ3n) is 4.15. The summed E-state index contributed by atoms with van der Waals surface area (Å²) < 4.78 is 42.8. The minimum absolute atomic E-state index is 0.124. The van der Waals surface area contributed by atoms with Crippen LogP contribution in [0, 0.1) is 24.1 Å². The molecule has 0 fully saturated rings. The van der Waals surface area contributed by atoms with Crippen LogP contribution in [-0.2, 0) is 16.4 Å². The SMILES string of the molecule is Cc1cc(-c2noc(CO)c2-c2ccc(S(C)(=O)=O)c(F)c2)ccc1C#N. The fraction of sp³-hybridized carbons (Fsp3) is 0.158. The molecule has 0 atom stereocenters. The Morgan fingerprint density at radius 3 is 2.48 bits per heavy atom. The Hall–Kier alpha value is -3.02. The first-order valence-corrected chi connectivity index (χ1v) is 9.76. The Balaban J connectivity index is 2.20. The molecule has 1 aromatic heterocycles. The molecule has 0 amide bonds. The van der Waals surface area contributed by atoms with Gasteiger partial charge in [0, 0.05) is 11.8 Å². The first kappa shape index (κ1) is 18.8. The molecule has 0 radical (unpaired) electrons. The normalized spacial score (nSPS) is 11.4. The van der Waals surface area contributed by atoms with Gasteiger partial charge in [0.2, 0.25) is 0 Å². The van der Waals surface area contributed by atoms with Gasteiger partial charge < -0.3 is 9.63 Å². The van der Waals surface area contributed by atoms with Crippen LogP contribution >= 0.6 is 0 Å². The second-order valence-corrected chi connectivity index (χ2v) is 8.03. The number of aliphatic hydroxyl groups is 1. The van der Waals surface area contributed by atoms with Crippen molar-refractivity contribution < 1.29 is 22.4 Å². The lowest BCUT2D eigenvalue weighted by molar-refractivity contribution is 0.230. The van der Waals surface area contributed by atoms with E-state index in [0.29, 0.717) is 27.9 Å². The van der Waals surface area contributed by atoms with Crippen LogP contribution in [0.5, 0.6) is 0 Å². The number of aromatic nitrogens is 1. The van der Waals surface area contributed by atoms with E-state index >= 15 is 0 Å². The number of aliphatic hydroxyl groups excluding tert-OH is 1. The van der Waals surface area contributed by atoms with Gasteiger partial charge in [-0.1, -0.05) is 17.3 Å². The van der Waals surface area contributed by atoms with Gasteiger partial charge in [-0.25, -0.2) is 12.8 Å². The molecule has 1 heterocycles. The second kappa shape index (κ2) is 6.95. The van der Waals surface area contributed by atoms with Crippen LogP contribution in [0.4, 0.5) is 4.39 Å². The lowest BCUT2D eigenvalue weighted by Crippen LogP contribution is -2.01. The maximum Gasteiger partial charge on any atom is 0.178 e. The maximum atomic E-state index is 14.3. The number of benzene rings is 2. The molecule has 0 saturated carbocycles. The van der Waals surface area contributed by atoms with E-state index in [9.17, 15) is 17.9 Å². The third-order valence-corrected chi connectivity index (χ3v) is 5.28. The van der Waals surface area contributed by atoms with Gasteiger partial charge in [-0.3, -0.25) is 0 Å². The highest BCUT2D eigenvalue weighted by molar-refractivity contribution is 7.90. The van der Waals surface area contributed by atoms with E-state index in [-0.39, 0.29) is 5.76 Å². The standard InChI is InChI=1S/C19H15FN2O4S/c1-11-7-13(3-4-14(11)9-21)19-18(16(10-23)26-22-19)12-5-6-17(15(20)8-12)27(2,24)25/h3-8,23H,10H2,1-2H3. The zero-order chi connectivity index (χ0) is 19.8. The van der Waals surface area contributed by atoms with Gasteiger partial charge >= 0.3 is 0 Å². The quantitative estimate of drug-likeness (QED) is 0.738. The zero-order valence-corrected chi connectivity index (χ0v) is 15.3. The van der Waals surface area contributed by atoms with Crippen molar-refractivity contribution in [3.63, 3.8) is 0 Å². The smallest absolute Gasteiger partial charge is 0.178 e. The number of hydrogen-bond acceptors (Lipinski definition) is 6. The monoisotopic (exact) mass is 386 g/mol. The van der Waals surface area contributed by atoms with Crippen molar-refractivity contribution in [1.29, 1.82) is 5.26 Å². The summed E-state index contributed by atoms with van der Waals surface area (Å²) in [6.45, 7) is 1.31. The van der Waals surface area contributed by atoms with Crippen molar-refractivity contribution in [2.45, 2.75) is 18.4 Å². The minimum atomic E-state index is -3.70. The summed E-state index contributed by atoms with van der Waals surface area (Å²) in [5, 5.41) is 22.6. The molecule has 0 spiro atoms. The molecule has 3 rings (SSSR count). The van der Waals surface area contributed by atoms with Crippen LogP contribution in [-0.4, -0.2) is 24.9 Å². The first-order chi connectivity index (χ1) is 12.8. The van der Waals surface area contributed by atoms with Crippen molar-refractivity contribution in [2.75, 3.05) is 6.26 Å². The minimum Gasteiger partial charge on any atom is -0.388 e. The van der Waals surface area contributed by atoms with E-state index in [4.69, 9.17) is 9.78 Å². The zero-order valence-electron chi connectivity index (χ0n) is 14.5. The second-order valence-electron chi connectivity index (χ2n) is 6.05. The summed E-state index contributed by atoms with van der Waals surface area (Å²) in [4.78, 5) is -0.413. The average molecular weight is 386 g/mol. The lowest BCUT2D eigenvalue weighted by Gasteiger charge is -2.07. The Kier molecular flexibility index (Phi) is 4.83. The average Bonchev–Trinajstić information content (AvgIpc) is 3.04. The van der Waals surface area contributed by atoms with E-state index in [1.165, 1.54) is 12.1 Å². The molecule has 0 aliphatic heterocycles. The van der Waals surface area contributed by atoms with Crippen LogP contribution in [0.1, 0.15) is 16.9 Å². The van der Waals surface area contributed by atoms with Gasteiger partial charge in [-0.2, -0.15) is 5.26 Å². The number of sulfone groups is 1. The Labute approximate surface area is 155 Å². The molecule has 3 aromatic rings. The molecule has 0 bridgehead atoms. The number of halogens is 1. The van der Waals surface area contributed by atoms with Crippen molar-refractivity contribution in [2.24, 2.45) is 0 Å². The summed E-state index contributed by atoms with van der Waals surface area (Å²) in [7, 11) is -3.70. The predicted octanol–water partition coefficient (Wildman–Crippen LogP) is 3.22. The molecule has 0 aliphatic rings. The van der Waals surface area contributed by atoms with Crippen LogP contribution in [0.2, 0.25) is 0 Å². The molecule has 0 aliphatic carbocycles. The highest BCUT2D eigenvalue weighted by Crippen LogP contribution is 2.36. The van der Waals surface area contributed by atoms with Gasteiger partial charge in [0.25, 0.3) is 0 Å². The molecule has 27 heavy (non-hydrogen) atoms. The van der Waals surface area contributed by atoms with E-state index in [1.807, 2.05) is 0 Å². The van der Waals surface area contributed by atoms with E-state index in [1.54, 1.807) is 25.1 Å². The van der Waals surface area contributed by atoms with Gasteiger partial charge in [0.15, 0.2) is 15.6 Å². The summed E-state index contributed by atoms with van der Waals surface area (Å²) in [5.74, 6) is -0.777. The highest BCUT2D eigenvalue weighted by atomic mass is 32.2. The molecule has 0 saturated heterocycles. The van der Waals surface area contributed by atoms with Crippen LogP contribution in [0.3, 0.4) is 0 Å². The molecule has 2 aromatic carbocycles. The highest BCUT2D eigenvalue weighted by Gasteiger charge is 2.22. The molecule has 8 heteroatoms. The van der Waals surface area contributed by atoms with Crippen molar-refractivity contribution in [3.05, 3.63) is 59.1 Å². The van der Waals surface area contributed by atoms with Gasteiger partial charge in [-0.05, 0) is 42.3 Å². The third kappa shape index (κ3) is 3.47. The Bertz CT molecular complexity index is 1180. The maximum absolute atomic E-state index is 14.3. The fourth-order valence-corrected chi connectivity index (χ4v) is 3.55. The van der Waals surface area contributed by atoms with Gasteiger partial charge in [-0.15, -0.1) is 0 Å². The van der Waals surface area contributed by atoms with E-state index < -0.39 is 27.2 Å². The van der Waals surface area contributed by atoms with Gasteiger partial charge in [0.1, 0.15) is 23.0 Å².